The van der Waals surface area contributed by atoms with Gasteiger partial charge in [-0.1, -0.05) is 17.7 Å². The average molecular weight is 597 g/mol. The summed E-state index contributed by atoms with van der Waals surface area (Å²) in [5, 5.41) is 0.677. The van der Waals surface area contributed by atoms with Crippen LogP contribution in [0.4, 0.5) is 10.6 Å². The summed E-state index contributed by atoms with van der Waals surface area (Å²) in [5.41, 5.74) is 0.755. The molecular formula is C23H28IN5O4S. The lowest BCUT2D eigenvalue weighted by Crippen LogP contribution is -2.54. The summed E-state index contributed by atoms with van der Waals surface area (Å²) in [4.78, 5) is 25.4. The van der Waals surface area contributed by atoms with Crippen LogP contribution in [0.15, 0.2) is 41.7 Å². The van der Waals surface area contributed by atoms with Crippen molar-refractivity contribution in [2.75, 3.05) is 24.5 Å². The van der Waals surface area contributed by atoms with Gasteiger partial charge in [0.1, 0.15) is 17.7 Å². The Morgan fingerprint density at radius 1 is 1.15 bits per heavy atom. The zero-order valence-electron chi connectivity index (χ0n) is 19.8. The number of aryl methyl sites for hydroxylation is 1. The number of hydrogen-bond donors (Lipinski definition) is 0. The Labute approximate surface area is 213 Å². The molecule has 0 unspecified atom stereocenters. The topological polar surface area (TPSA) is 97.6 Å². The number of ether oxygens (including phenoxy) is 1. The Hall–Kier alpha value is -2.41. The lowest BCUT2D eigenvalue weighted by molar-refractivity contribution is 0.0218. The van der Waals surface area contributed by atoms with Crippen molar-refractivity contribution in [2.24, 2.45) is 0 Å². The molecule has 34 heavy (non-hydrogen) atoms. The predicted molar refractivity (Wildman–Crippen MR) is 139 cm³/mol. The van der Waals surface area contributed by atoms with Crippen molar-refractivity contribution in [3.63, 3.8) is 0 Å². The third kappa shape index (κ3) is 4.72. The molecule has 9 nitrogen and oxygen atoms in total. The van der Waals surface area contributed by atoms with Crippen molar-refractivity contribution in [3.8, 4) is 0 Å². The van der Waals surface area contributed by atoms with Gasteiger partial charge in [0.25, 0.3) is 10.0 Å². The molecule has 1 atom stereocenters. The van der Waals surface area contributed by atoms with Crippen LogP contribution in [0.3, 0.4) is 0 Å². The van der Waals surface area contributed by atoms with Crippen molar-refractivity contribution in [1.29, 1.82) is 0 Å². The SMILES string of the molecule is Cc1ccc(S(=O)(=O)n2cc(I)c3c(N4CCN(C(=O)OC(C)(C)C)C[C@@H]4C)ncnc32)cc1. The summed E-state index contributed by atoms with van der Waals surface area (Å²) in [5.74, 6) is 0.656. The van der Waals surface area contributed by atoms with E-state index in [-0.39, 0.29) is 17.0 Å². The first-order valence-electron chi connectivity index (χ1n) is 11.0. The molecule has 1 saturated heterocycles. The minimum Gasteiger partial charge on any atom is -0.444 e. The molecule has 0 bridgehead atoms. The number of halogens is 1. The first-order chi connectivity index (χ1) is 15.9. The molecule has 2 aromatic heterocycles. The lowest BCUT2D eigenvalue weighted by Gasteiger charge is -2.41. The normalized spacial score (nSPS) is 17.3. The first-order valence-corrected chi connectivity index (χ1v) is 13.5. The number of nitrogens with zero attached hydrogens (tertiary/aromatic N) is 5. The van der Waals surface area contributed by atoms with E-state index in [4.69, 9.17) is 4.74 Å². The fraction of sp³-hybridized carbons (Fsp3) is 0.435. The third-order valence-electron chi connectivity index (χ3n) is 5.61. The highest BCUT2D eigenvalue weighted by atomic mass is 127. The monoisotopic (exact) mass is 597 g/mol. The molecule has 0 radical (unpaired) electrons. The number of benzene rings is 1. The van der Waals surface area contributed by atoms with Crippen LogP contribution in [0.5, 0.6) is 0 Å². The molecule has 0 aliphatic carbocycles. The van der Waals surface area contributed by atoms with Gasteiger partial charge in [0.2, 0.25) is 0 Å². The van der Waals surface area contributed by atoms with Crippen molar-refractivity contribution in [3.05, 3.63) is 45.9 Å². The number of amides is 1. The van der Waals surface area contributed by atoms with Gasteiger partial charge in [-0.25, -0.2) is 27.2 Å². The van der Waals surface area contributed by atoms with Gasteiger partial charge >= 0.3 is 6.09 Å². The van der Waals surface area contributed by atoms with E-state index >= 15 is 0 Å². The molecular weight excluding hydrogens is 569 g/mol. The number of carbonyl (C=O) groups is 1. The van der Waals surface area contributed by atoms with E-state index in [0.29, 0.717) is 36.5 Å². The second kappa shape index (κ2) is 8.99. The predicted octanol–water partition coefficient (Wildman–Crippen LogP) is 4.03. The largest absolute Gasteiger partial charge is 0.444 e. The summed E-state index contributed by atoms with van der Waals surface area (Å²) in [6, 6.07) is 6.70. The zero-order valence-corrected chi connectivity index (χ0v) is 22.8. The van der Waals surface area contributed by atoms with Crippen LogP contribution in [0.1, 0.15) is 33.3 Å². The van der Waals surface area contributed by atoms with Crippen molar-refractivity contribution in [2.45, 2.75) is 51.2 Å². The standard InChI is InChI=1S/C23H28IN5O4S/c1-15-6-8-17(9-7-15)34(31,32)29-13-18(24)19-20(25-14-26-21(19)29)28-11-10-27(12-16(28)2)22(30)33-23(3,4)5/h6-9,13-14,16H,10-12H2,1-5H3/t16-/m0/s1. The molecule has 3 aromatic rings. The maximum atomic E-state index is 13.4. The van der Waals surface area contributed by atoms with Crippen LogP contribution in [0.2, 0.25) is 0 Å². The molecule has 1 fully saturated rings. The summed E-state index contributed by atoms with van der Waals surface area (Å²) < 4.78 is 34.2. The molecule has 4 rings (SSSR count). The van der Waals surface area contributed by atoms with E-state index in [9.17, 15) is 13.2 Å². The van der Waals surface area contributed by atoms with E-state index in [1.165, 1.54) is 10.3 Å². The molecule has 182 valence electrons. The van der Waals surface area contributed by atoms with Crippen LogP contribution in [0.25, 0.3) is 11.0 Å². The number of piperazine rings is 1. The molecule has 0 saturated carbocycles. The van der Waals surface area contributed by atoms with E-state index < -0.39 is 15.6 Å². The minimum absolute atomic E-state index is 0.0489. The van der Waals surface area contributed by atoms with Crippen LogP contribution < -0.4 is 4.90 Å². The van der Waals surface area contributed by atoms with E-state index in [1.54, 1.807) is 35.4 Å². The van der Waals surface area contributed by atoms with Crippen LogP contribution in [-0.4, -0.2) is 64.6 Å². The van der Waals surface area contributed by atoms with Crippen molar-refractivity contribution < 1.29 is 17.9 Å². The second-order valence-electron chi connectivity index (χ2n) is 9.46. The molecule has 1 aromatic carbocycles. The summed E-state index contributed by atoms with van der Waals surface area (Å²) in [6.07, 6.45) is 2.64. The number of carbonyl (C=O) groups excluding carboxylic acids is 1. The van der Waals surface area contributed by atoms with Gasteiger partial charge in [0.05, 0.1) is 10.3 Å². The maximum absolute atomic E-state index is 13.4. The smallest absolute Gasteiger partial charge is 0.410 e. The van der Waals surface area contributed by atoms with Crippen LogP contribution in [0, 0.1) is 10.5 Å². The minimum atomic E-state index is -3.83. The fourth-order valence-electron chi connectivity index (χ4n) is 3.97. The Morgan fingerprint density at radius 2 is 1.82 bits per heavy atom. The number of rotatable bonds is 3. The van der Waals surface area contributed by atoms with Gasteiger partial charge in [-0.15, -0.1) is 0 Å². The molecule has 0 N–H and O–H groups in total. The Bertz CT molecular complexity index is 1330. The van der Waals surface area contributed by atoms with Gasteiger partial charge in [-0.05, 0) is 69.3 Å². The number of anilines is 1. The highest BCUT2D eigenvalue weighted by Gasteiger charge is 2.32. The van der Waals surface area contributed by atoms with Crippen LogP contribution >= 0.6 is 22.6 Å². The van der Waals surface area contributed by atoms with E-state index in [2.05, 4.69) is 37.5 Å². The summed E-state index contributed by atoms with van der Waals surface area (Å²) >= 11 is 2.13. The molecule has 0 spiro atoms. The molecule has 1 aliphatic rings. The van der Waals surface area contributed by atoms with Gasteiger partial charge in [-0.2, -0.15) is 0 Å². The molecule has 11 heteroatoms. The van der Waals surface area contributed by atoms with E-state index in [0.717, 1.165) is 9.13 Å². The number of aromatic nitrogens is 3. The second-order valence-corrected chi connectivity index (χ2v) is 12.4. The number of hydrogen-bond acceptors (Lipinski definition) is 7. The Balaban J connectivity index is 1.68. The van der Waals surface area contributed by atoms with E-state index in [1.807, 2.05) is 34.6 Å². The zero-order chi connectivity index (χ0) is 24.8. The quantitative estimate of drug-likeness (QED) is 0.421. The summed E-state index contributed by atoms with van der Waals surface area (Å²) in [6.45, 7) is 10.9. The molecule has 1 aliphatic heterocycles. The first kappa shape index (κ1) is 24.7. The lowest BCUT2D eigenvalue weighted by atomic mass is 10.1. The highest BCUT2D eigenvalue weighted by Crippen LogP contribution is 2.33. The Kier molecular flexibility index (Phi) is 6.53. The van der Waals surface area contributed by atoms with Gasteiger partial charge in [-0.3, -0.25) is 0 Å². The highest BCUT2D eigenvalue weighted by molar-refractivity contribution is 14.1. The maximum Gasteiger partial charge on any atom is 0.410 e. The average Bonchev–Trinajstić information content (AvgIpc) is 3.10. The van der Waals surface area contributed by atoms with Gasteiger partial charge in [0.15, 0.2) is 5.65 Å². The molecule has 1 amide bonds. The Morgan fingerprint density at radius 3 is 2.44 bits per heavy atom. The van der Waals surface area contributed by atoms with Gasteiger partial charge < -0.3 is 14.5 Å². The van der Waals surface area contributed by atoms with Crippen molar-refractivity contribution >= 4 is 55.6 Å². The fourth-order valence-corrected chi connectivity index (χ4v) is 6.23. The summed E-state index contributed by atoms with van der Waals surface area (Å²) in [7, 11) is -3.83. The van der Waals surface area contributed by atoms with Crippen LogP contribution in [-0.2, 0) is 14.8 Å². The van der Waals surface area contributed by atoms with Crippen molar-refractivity contribution in [1.82, 2.24) is 18.8 Å². The third-order valence-corrected chi connectivity index (χ3v) is 8.10. The number of fused-ring (bicyclic) bond motifs is 1. The van der Waals surface area contributed by atoms with Gasteiger partial charge in [0, 0.05) is 35.4 Å². The molecule has 3 heterocycles.